The Kier molecular flexibility index (Phi) is 7.42. The van der Waals surface area contributed by atoms with Crippen molar-refractivity contribution in [3.05, 3.63) is 35.4 Å². The number of aliphatic carboxylic acids is 1. The number of hydrogen-bond donors (Lipinski definition) is 2. The van der Waals surface area contributed by atoms with E-state index in [0.29, 0.717) is 12.2 Å². The predicted octanol–water partition coefficient (Wildman–Crippen LogP) is 1.93. The summed E-state index contributed by atoms with van der Waals surface area (Å²) in [7, 11) is 0. The number of amides is 1. The Labute approximate surface area is 124 Å². The summed E-state index contributed by atoms with van der Waals surface area (Å²) in [5.74, 6) is -1.68. The highest BCUT2D eigenvalue weighted by Gasteiger charge is 2.20. The number of aryl methyl sites for hydroxylation is 1. The molecule has 1 aromatic carbocycles. The third-order valence-corrected chi connectivity index (χ3v) is 2.79. The molecular formula is C15H21NO5. The molecule has 0 aromatic heterocycles. The fraction of sp³-hybridized carbons (Fsp3) is 0.467. The average Bonchev–Trinajstić information content (AvgIpc) is 2.46. The highest BCUT2D eigenvalue weighted by atomic mass is 16.7. The van der Waals surface area contributed by atoms with E-state index in [-0.39, 0.29) is 6.61 Å². The van der Waals surface area contributed by atoms with Gasteiger partial charge in [0.2, 0.25) is 6.10 Å². The van der Waals surface area contributed by atoms with Crippen molar-refractivity contribution in [3.8, 4) is 0 Å². The molecule has 1 aromatic rings. The zero-order valence-electron chi connectivity index (χ0n) is 12.3. The lowest BCUT2D eigenvalue weighted by Crippen LogP contribution is -2.37. The topological polar surface area (TPSA) is 84.9 Å². The highest BCUT2D eigenvalue weighted by molar-refractivity contribution is 5.93. The van der Waals surface area contributed by atoms with Gasteiger partial charge in [-0.1, -0.05) is 31.0 Å². The van der Waals surface area contributed by atoms with E-state index in [0.717, 1.165) is 18.4 Å². The predicted molar refractivity (Wildman–Crippen MR) is 76.9 cm³/mol. The number of hydrogen-bond acceptors (Lipinski definition) is 4. The average molecular weight is 295 g/mol. The first-order valence-corrected chi connectivity index (χ1v) is 6.87. The highest BCUT2D eigenvalue weighted by Crippen LogP contribution is 2.03. The number of carbonyl (C=O) groups excluding carboxylic acids is 1. The van der Waals surface area contributed by atoms with E-state index < -0.39 is 18.0 Å². The number of hydroxylamine groups is 1. The minimum atomic E-state index is -1.23. The van der Waals surface area contributed by atoms with Crippen LogP contribution in [0.25, 0.3) is 0 Å². The maximum atomic E-state index is 11.8. The van der Waals surface area contributed by atoms with Gasteiger partial charge in [0.25, 0.3) is 5.91 Å². The third kappa shape index (κ3) is 6.37. The SMILES string of the molecule is CCCCOC[C@@H](ONC(=O)c1ccc(C)cc1)C(=O)O. The Bertz CT molecular complexity index is 458. The molecule has 0 aliphatic carbocycles. The second-order valence-electron chi connectivity index (χ2n) is 4.67. The molecule has 2 N–H and O–H groups in total. The van der Waals surface area contributed by atoms with Crippen LogP contribution < -0.4 is 5.48 Å². The fourth-order valence-electron chi connectivity index (χ4n) is 1.48. The molecule has 0 saturated heterocycles. The van der Waals surface area contributed by atoms with Gasteiger partial charge in [0.15, 0.2) is 0 Å². The van der Waals surface area contributed by atoms with Crippen molar-refractivity contribution < 1.29 is 24.3 Å². The van der Waals surface area contributed by atoms with Gasteiger partial charge in [0.1, 0.15) is 0 Å². The largest absolute Gasteiger partial charge is 0.479 e. The van der Waals surface area contributed by atoms with E-state index in [1.54, 1.807) is 24.3 Å². The molecule has 0 aliphatic heterocycles. The van der Waals surface area contributed by atoms with Crippen molar-refractivity contribution in [3.63, 3.8) is 0 Å². The maximum absolute atomic E-state index is 11.8. The molecule has 0 radical (unpaired) electrons. The fourth-order valence-corrected chi connectivity index (χ4v) is 1.48. The minimum absolute atomic E-state index is 0.108. The van der Waals surface area contributed by atoms with Crippen LogP contribution in [-0.4, -0.2) is 36.3 Å². The van der Waals surface area contributed by atoms with E-state index in [4.69, 9.17) is 14.7 Å². The van der Waals surface area contributed by atoms with Gasteiger partial charge in [-0.25, -0.2) is 10.3 Å². The smallest absolute Gasteiger partial charge is 0.338 e. The van der Waals surface area contributed by atoms with Crippen LogP contribution in [0.2, 0.25) is 0 Å². The maximum Gasteiger partial charge on any atom is 0.338 e. The van der Waals surface area contributed by atoms with Gasteiger partial charge in [-0.2, -0.15) is 0 Å². The van der Waals surface area contributed by atoms with Crippen LogP contribution in [-0.2, 0) is 14.4 Å². The molecule has 116 valence electrons. The summed E-state index contributed by atoms with van der Waals surface area (Å²) < 4.78 is 5.19. The van der Waals surface area contributed by atoms with Gasteiger partial charge in [-0.05, 0) is 25.5 Å². The van der Waals surface area contributed by atoms with Gasteiger partial charge >= 0.3 is 5.97 Å². The molecule has 0 aliphatic rings. The van der Waals surface area contributed by atoms with Crippen LogP contribution in [0, 0.1) is 6.92 Å². The van der Waals surface area contributed by atoms with Crippen LogP contribution >= 0.6 is 0 Å². The Morgan fingerprint density at radius 1 is 1.29 bits per heavy atom. The van der Waals surface area contributed by atoms with Crippen molar-refractivity contribution >= 4 is 11.9 Å². The zero-order valence-corrected chi connectivity index (χ0v) is 12.3. The standard InChI is InChI=1S/C15H21NO5/c1-3-4-9-20-10-13(15(18)19)21-16-14(17)12-7-5-11(2)6-8-12/h5-8,13H,3-4,9-10H2,1-2H3,(H,16,17)(H,18,19)/t13-/m1/s1. The lowest BCUT2D eigenvalue weighted by atomic mass is 10.1. The molecule has 21 heavy (non-hydrogen) atoms. The molecule has 0 fully saturated rings. The van der Waals surface area contributed by atoms with E-state index >= 15 is 0 Å². The van der Waals surface area contributed by atoms with Crippen LogP contribution in [0.1, 0.15) is 35.7 Å². The lowest BCUT2D eigenvalue weighted by molar-refractivity contribution is -0.159. The summed E-state index contributed by atoms with van der Waals surface area (Å²) in [6.07, 6.45) is 0.585. The van der Waals surface area contributed by atoms with Crippen LogP contribution in [0.4, 0.5) is 0 Å². The Balaban J connectivity index is 2.43. The van der Waals surface area contributed by atoms with E-state index in [1.807, 2.05) is 13.8 Å². The number of benzene rings is 1. The van der Waals surface area contributed by atoms with Crippen molar-refractivity contribution in [1.29, 1.82) is 0 Å². The third-order valence-electron chi connectivity index (χ3n) is 2.79. The molecule has 1 amide bonds. The van der Waals surface area contributed by atoms with Crippen molar-refractivity contribution in [2.75, 3.05) is 13.2 Å². The number of rotatable bonds is 9. The molecule has 0 saturated carbocycles. The quantitative estimate of drug-likeness (QED) is 0.537. The first-order valence-electron chi connectivity index (χ1n) is 6.87. The number of carbonyl (C=O) groups is 2. The first-order chi connectivity index (χ1) is 10.0. The Morgan fingerprint density at radius 3 is 2.52 bits per heavy atom. The molecule has 0 bridgehead atoms. The molecule has 0 unspecified atom stereocenters. The van der Waals surface area contributed by atoms with E-state index in [9.17, 15) is 9.59 Å². The number of unbranched alkanes of at least 4 members (excludes halogenated alkanes) is 1. The monoisotopic (exact) mass is 295 g/mol. The van der Waals surface area contributed by atoms with E-state index in [2.05, 4.69) is 5.48 Å². The summed E-state index contributed by atoms with van der Waals surface area (Å²) in [4.78, 5) is 27.7. The number of nitrogens with one attached hydrogen (secondary N) is 1. The molecule has 1 rings (SSSR count). The summed E-state index contributed by atoms with van der Waals surface area (Å²) >= 11 is 0. The number of carboxylic acid groups (broad SMARTS) is 1. The van der Waals surface area contributed by atoms with Crippen LogP contribution in [0.3, 0.4) is 0 Å². The van der Waals surface area contributed by atoms with Crippen LogP contribution in [0.5, 0.6) is 0 Å². The summed E-state index contributed by atoms with van der Waals surface area (Å²) in [5, 5.41) is 8.99. The summed E-state index contributed by atoms with van der Waals surface area (Å²) in [6, 6.07) is 6.86. The Morgan fingerprint density at radius 2 is 1.95 bits per heavy atom. The summed E-state index contributed by atoms with van der Waals surface area (Å²) in [6.45, 7) is 4.28. The normalized spacial score (nSPS) is 11.9. The van der Waals surface area contributed by atoms with E-state index in [1.165, 1.54) is 0 Å². The van der Waals surface area contributed by atoms with Crippen molar-refractivity contribution in [2.24, 2.45) is 0 Å². The van der Waals surface area contributed by atoms with Crippen molar-refractivity contribution in [2.45, 2.75) is 32.8 Å². The number of ether oxygens (including phenoxy) is 1. The van der Waals surface area contributed by atoms with Gasteiger partial charge in [0, 0.05) is 12.2 Å². The Hall–Kier alpha value is -1.92. The molecule has 0 spiro atoms. The van der Waals surface area contributed by atoms with Gasteiger partial charge < -0.3 is 9.84 Å². The van der Waals surface area contributed by atoms with Crippen LogP contribution in [0.15, 0.2) is 24.3 Å². The minimum Gasteiger partial charge on any atom is -0.479 e. The second-order valence-corrected chi connectivity index (χ2v) is 4.67. The molecule has 6 nitrogen and oxygen atoms in total. The second kappa shape index (κ2) is 9.10. The lowest BCUT2D eigenvalue weighted by Gasteiger charge is -2.14. The first kappa shape index (κ1) is 17.1. The molecule has 1 atom stereocenters. The summed E-state index contributed by atoms with van der Waals surface area (Å²) in [5.41, 5.74) is 3.57. The van der Waals surface area contributed by atoms with Crippen molar-refractivity contribution in [1.82, 2.24) is 5.48 Å². The molecular weight excluding hydrogens is 274 g/mol. The zero-order chi connectivity index (χ0) is 15.7. The molecule has 0 heterocycles. The molecule has 6 heteroatoms. The van der Waals surface area contributed by atoms with Gasteiger partial charge in [0.05, 0.1) is 6.61 Å². The van der Waals surface area contributed by atoms with Gasteiger partial charge in [-0.15, -0.1) is 0 Å². The van der Waals surface area contributed by atoms with Gasteiger partial charge in [-0.3, -0.25) is 9.63 Å². The number of carboxylic acids is 1.